The molecule has 0 bridgehead atoms. The number of rotatable bonds is 4. The van der Waals surface area contributed by atoms with E-state index in [1.54, 1.807) is 12.4 Å². The Morgan fingerprint density at radius 3 is 2.54 bits per heavy atom. The summed E-state index contributed by atoms with van der Waals surface area (Å²) in [6, 6.07) is 0.444. The van der Waals surface area contributed by atoms with Gasteiger partial charge in [0, 0.05) is 23.2 Å². The van der Waals surface area contributed by atoms with E-state index in [4.69, 9.17) is 4.74 Å². The van der Waals surface area contributed by atoms with Crippen LogP contribution in [0.3, 0.4) is 0 Å². The summed E-state index contributed by atoms with van der Waals surface area (Å²) in [6.45, 7) is 4.69. The number of ether oxygens (including phenoxy) is 1. The minimum Gasteiger partial charge on any atom is -0.463 e. The summed E-state index contributed by atoms with van der Waals surface area (Å²) < 4.78 is 5.24. The summed E-state index contributed by atoms with van der Waals surface area (Å²) in [5.41, 5.74) is 1.01. The van der Waals surface area contributed by atoms with Gasteiger partial charge < -0.3 is 4.74 Å². The topological polar surface area (TPSA) is 35.0 Å². The van der Waals surface area contributed by atoms with Crippen molar-refractivity contribution in [3.8, 4) is 6.01 Å². The van der Waals surface area contributed by atoms with E-state index in [1.807, 2.05) is 13.8 Å². The lowest BCUT2D eigenvalue weighted by molar-refractivity contribution is 0.292. The molecule has 72 valence electrons. The van der Waals surface area contributed by atoms with E-state index in [-0.39, 0.29) is 5.25 Å². The molecular weight excluding hydrogens is 184 g/mol. The highest BCUT2D eigenvalue weighted by molar-refractivity contribution is 7.80. The predicted molar refractivity (Wildman–Crippen MR) is 55.2 cm³/mol. The van der Waals surface area contributed by atoms with Gasteiger partial charge in [0.25, 0.3) is 0 Å². The Morgan fingerprint density at radius 1 is 1.46 bits per heavy atom. The van der Waals surface area contributed by atoms with Gasteiger partial charge in [0.2, 0.25) is 0 Å². The summed E-state index contributed by atoms with van der Waals surface area (Å²) in [7, 11) is 0. The maximum Gasteiger partial charge on any atom is 0.316 e. The second kappa shape index (κ2) is 5.07. The molecule has 0 amide bonds. The van der Waals surface area contributed by atoms with Crippen molar-refractivity contribution < 1.29 is 4.74 Å². The minimum absolute atomic E-state index is 0.167. The zero-order chi connectivity index (χ0) is 9.68. The van der Waals surface area contributed by atoms with Gasteiger partial charge in [0.05, 0.1) is 6.61 Å². The van der Waals surface area contributed by atoms with Crippen LogP contribution >= 0.6 is 12.6 Å². The van der Waals surface area contributed by atoms with E-state index in [1.165, 1.54) is 0 Å². The number of hydrogen-bond acceptors (Lipinski definition) is 4. The molecule has 0 radical (unpaired) electrons. The van der Waals surface area contributed by atoms with E-state index in [0.29, 0.717) is 12.6 Å². The Labute approximate surface area is 84.0 Å². The van der Waals surface area contributed by atoms with Crippen molar-refractivity contribution >= 4 is 12.6 Å². The second-order valence-corrected chi connectivity index (χ2v) is 3.60. The SMILES string of the molecule is CCCOc1ncc(C(C)S)cn1. The third kappa shape index (κ3) is 3.22. The van der Waals surface area contributed by atoms with Crippen LogP contribution in [0.25, 0.3) is 0 Å². The second-order valence-electron chi connectivity index (χ2n) is 2.82. The fourth-order valence-electron chi connectivity index (χ4n) is 0.810. The van der Waals surface area contributed by atoms with Gasteiger partial charge in [-0.15, -0.1) is 0 Å². The lowest BCUT2D eigenvalue weighted by Gasteiger charge is -2.04. The predicted octanol–water partition coefficient (Wildman–Crippen LogP) is 2.26. The number of thiol groups is 1. The average Bonchev–Trinajstić information content (AvgIpc) is 2.15. The smallest absolute Gasteiger partial charge is 0.316 e. The van der Waals surface area contributed by atoms with Gasteiger partial charge in [-0.05, 0) is 13.3 Å². The Hall–Kier alpha value is -0.770. The highest BCUT2D eigenvalue weighted by atomic mass is 32.1. The van der Waals surface area contributed by atoms with Crippen molar-refractivity contribution in [1.82, 2.24) is 9.97 Å². The van der Waals surface area contributed by atoms with Crippen LogP contribution in [-0.2, 0) is 0 Å². The van der Waals surface area contributed by atoms with Crippen LogP contribution < -0.4 is 4.74 Å². The first-order valence-electron chi connectivity index (χ1n) is 4.37. The number of aromatic nitrogens is 2. The minimum atomic E-state index is 0.167. The van der Waals surface area contributed by atoms with E-state index in [2.05, 4.69) is 22.6 Å². The highest BCUT2D eigenvalue weighted by Gasteiger charge is 2.01. The van der Waals surface area contributed by atoms with E-state index in [0.717, 1.165) is 12.0 Å². The largest absolute Gasteiger partial charge is 0.463 e. The van der Waals surface area contributed by atoms with Crippen LogP contribution in [0.4, 0.5) is 0 Å². The van der Waals surface area contributed by atoms with Gasteiger partial charge in [0.15, 0.2) is 0 Å². The first kappa shape index (κ1) is 10.3. The van der Waals surface area contributed by atoms with E-state index in [9.17, 15) is 0 Å². The first-order chi connectivity index (χ1) is 6.24. The molecule has 13 heavy (non-hydrogen) atoms. The number of nitrogens with zero attached hydrogens (tertiary/aromatic N) is 2. The quantitative estimate of drug-likeness (QED) is 0.754. The van der Waals surface area contributed by atoms with Gasteiger partial charge in [-0.1, -0.05) is 6.92 Å². The van der Waals surface area contributed by atoms with Gasteiger partial charge in [0.1, 0.15) is 0 Å². The molecule has 1 unspecified atom stereocenters. The van der Waals surface area contributed by atoms with Gasteiger partial charge in [-0.25, -0.2) is 9.97 Å². The third-order valence-electron chi connectivity index (χ3n) is 1.57. The summed E-state index contributed by atoms with van der Waals surface area (Å²) >= 11 is 4.27. The molecule has 0 spiro atoms. The van der Waals surface area contributed by atoms with Crippen molar-refractivity contribution in [3.63, 3.8) is 0 Å². The Balaban J connectivity index is 2.59. The Bertz CT molecular complexity index is 248. The zero-order valence-electron chi connectivity index (χ0n) is 7.90. The lowest BCUT2D eigenvalue weighted by Crippen LogP contribution is -2.00. The van der Waals surface area contributed by atoms with Gasteiger partial charge in [-0.2, -0.15) is 12.6 Å². The van der Waals surface area contributed by atoms with Crippen molar-refractivity contribution in [2.45, 2.75) is 25.5 Å². The molecular formula is C9H14N2OS. The molecule has 4 heteroatoms. The fraction of sp³-hybridized carbons (Fsp3) is 0.556. The highest BCUT2D eigenvalue weighted by Crippen LogP contribution is 2.17. The van der Waals surface area contributed by atoms with Crippen LogP contribution in [0.5, 0.6) is 6.01 Å². The molecule has 0 aliphatic rings. The molecule has 0 saturated heterocycles. The molecule has 0 fully saturated rings. The standard InChI is InChI=1S/C9H14N2OS/c1-3-4-12-9-10-5-8(6-11-9)7(2)13/h5-7,13H,3-4H2,1-2H3. The summed E-state index contributed by atoms with van der Waals surface area (Å²) in [6.07, 6.45) is 4.46. The zero-order valence-corrected chi connectivity index (χ0v) is 8.79. The van der Waals surface area contributed by atoms with Crippen LogP contribution in [0, 0.1) is 0 Å². The van der Waals surface area contributed by atoms with E-state index < -0.39 is 0 Å². The van der Waals surface area contributed by atoms with Gasteiger partial charge >= 0.3 is 6.01 Å². The summed E-state index contributed by atoms with van der Waals surface area (Å²) in [4.78, 5) is 8.11. The molecule has 1 aromatic heterocycles. The molecule has 3 nitrogen and oxygen atoms in total. The molecule has 1 rings (SSSR count). The van der Waals surface area contributed by atoms with E-state index >= 15 is 0 Å². The maximum atomic E-state index is 5.24. The van der Waals surface area contributed by atoms with Crippen LogP contribution in [0.1, 0.15) is 31.1 Å². The average molecular weight is 198 g/mol. The molecule has 0 aliphatic heterocycles. The van der Waals surface area contributed by atoms with Crippen LogP contribution in [0.2, 0.25) is 0 Å². The molecule has 1 heterocycles. The monoisotopic (exact) mass is 198 g/mol. The molecule has 1 aromatic rings. The normalized spacial score (nSPS) is 12.5. The van der Waals surface area contributed by atoms with Crippen molar-refractivity contribution in [2.24, 2.45) is 0 Å². The fourth-order valence-corrected chi connectivity index (χ4v) is 0.943. The van der Waals surface area contributed by atoms with Gasteiger partial charge in [-0.3, -0.25) is 0 Å². The molecule has 0 aromatic carbocycles. The van der Waals surface area contributed by atoms with Crippen LogP contribution in [0.15, 0.2) is 12.4 Å². The Morgan fingerprint density at radius 2 is 2.08 bits per heavy atom. The van der Waals surface area contributed by atoms with Crippen molar-refractivity contribution in [3.05, 3.63) is 18.0 Å². The molecule has 1 atom stereocenters. The van der Waals surface area contributed by atoms with Crippen molar-refractivity contribution in [1.29, 1.82) is 0 Å². The molecule has 0 aliphatic carbocycles. The summed E-state index contributed by atoms with van der Waals surface area (Å²) in [5.74, 6) is 0. The molecule has 0 saturated carbocycles. The lowest BCUT2D eigenvalue weighted by atomic mass is 10.3. The molecule has 0 N–H and O–H groups in total. The van der Waals surface area contributed by atoms with Crippen molar-refractivity contribution in [2.75, 3.05) is 6.61 Å². The Kier molecular flexibility index (Phi) is 4.02. The first-order valence-corrected chi connectivity index (χ1v) is 4.88. The van der Waals surface area contributed by atoms with Crippen LogP contribution in [-0.4, -0.2) is 16.6 Å². The maximum absolute atomic E-state index is 5.24. The summed E-state index contributed by atoms with van der Waals surface area (Å²) in [5, 5.41) is 0.167. The third-order valence-corrected chi connectivity index (χ3v) is 1.86. The number of hydrogen-bond donors (Lipinski definition) is 1.